The molecule has 6 heteroatoms. The highest BCUT2D eigenvalue weighted by Crippen LogP contribution is 2.38. The maximum Gasteiger partial charge on any atom is 0.229 e. The Hall–Kier alpha value is -1.46. The van der Waals surface area contributed by atoms with E-state index in [1.807, 2.05) is 11.9 Å². The predicted octanol–water partition coefficient (Wildman–Crippen LogP) is 3.37. The van der Waals surface area contributed by atoms with E-state index in [2.05, 4.69) is 10.1 Å². The first-order valence-electron chi connectivity index (χ1n) is 6.56. The zero-order chi connectivity index (χ0) is 14.1. The summed E-state index contributed by atoms with van der Waals surface area (Å²) in [7, 11) is 1.92. The van der Waals surface area contributed by atoms with Gasteiger partial charge in [0.25, 0.3) is 0 Å². The van der Waals surface area contributed by atoms with Gasteiger partial charge >= 0.3 is 0 Å². The van der Waals surface area contributed by atoms with Gasteiger partial charge in [0.2, 0.25) is 5.89 Å². The van der Waals surface area contributed by atoms with Gasteiger partial charge in [0.05, 0.1) is 6.54 Å². The van der Waals surface area contributed by atoms with Gasteiger partial charge in [0, 0.05) is 17.5 Å². The Morgan fingerprint density at radius 3 is 2.85 bits per heavy atom. The minimum absolute atomic E-state index is 0.323. The zero-order valence-corrected chi connectivity index (χ0v) is 11.9. The Morgan fingerprint density at radius 1 is 1.35 bits per heavy atom. The second kappa shape index (κ2) is 5.50. The first kappa shape index (κ1) is 13.5. The monoisotopic (exact) mass is 295 g/mol. The molecule has 3 rings (SSSR count). The average molecular weight is 296 g/mol. The number of halogens is 2. The van der Waals surface area contributed by atoms with E-state index in [4.69, 9.17) is 16.1 Å². The van der Waals surface area contributed by atoms with Crippen LogP contribution in [0.3, 0.4) is 0 Å². The lowest BCUT2D eigenvalue weighted by Gasteiger charge is -2.14. The van der Waals surface area contributed by atoms with Crippen molar-refractivity contribution in [1.29, 1.82) is 0 Å². The van der Waals surface area contributed by atoms with Crippen LogP contribution in [0.15, 0.2) is 22.7 Å². The summed E-state index contributed by atoms with van der Waals surface area (Å²) < 4.78 is 18.5. The fraction of sp³-hybridized carbons (Fsp3) is 0.429. The second-order valence-corrected chi connectivity index (χ2v) is 5.71. The van der Waals surface area contributed by atoms with E-state index < -0.39 is 0 Å². The molecule has 106 valence electrons. The largest absolute Gasteiger partial charge is 0.339 e. The predicted molar refractivity (Wildman–Crippen MR) is 72.9 cm³/mol. The van der Waals surface area contributed by atoms with Crippen molar-refractivity contribution in [3.05, 3.63) is 46.3 Å². The molecule has 1 aliphatic carbocycles. The van der Waals surface area contributed by atoms with Crippen LogP contribution >= 0.6 is 11.6 Å². The van der Waals surface area contributed by atoms with Crippen LogP contribution in [-0.4, -0.2) is 22.1 Å². The van der Waals surface area contributed by atoms with Crippen molar-refractivity contribution in [3.63, 3.8) is 0 Å². The van der Waals surface area contributed by atoms with Crippen molar-refractivity contribution in [3.8, 4) is 0 Å². The van der Waals surface area contributed by atoms with Crippen molar-refractivity contribution < 1.29 is 8.91 Å². The zero-order valence-electron chi connectivity index (χ0n) is 11.1. The van der Waals surface area contributed by atoms with Crippen LogP contribution in [0.25, 0.3) is 0 Å². The molecule has 0 bridgehead atoms. The van der Waals surface area contributed by atoms with Gasteiger partial charge in [0.1, 0.15) is 5.82 Å². The standard InChI is InChI=1S/C14H15ClFN3O/c1-19(7-9-4-11(15)6-12(16)5-9)8-13-17-14(20-18-13)10-2-3-10/h4-6,10H,2-3,7-8H2,1H3. The third-order valence-electron chi connectivity index (χ3n) is 3.20. The minimum atomic E-state index is -0.323. The van der Waals surface area contributed by atoms with Crippen molar-refractivity contribution in [2.45, 2.75) is 31.8 Å². The molecule has 1 aliphatic rings. The molecule has 0 amide bonds. The maximum atomic E-state index is 13.3. The lowest BCUT2D eigenvalue weighted by Crippen LogP contribution is -2.18. The smallest absolute Gasteiger partial charge is 0.229 e. The summed E-state index contributed by atoms with van der Waals surface area (Å²) in [5.41, 5.74) is 0.823. The van der Waals surface area contributed by atoms with Gasteiger partial charge in [-0.15, -0.1) is 0 Å². The fourth-order valence-electron chi connectivity index (χ4n) is 2.14. The molecule has 2 aromatic rings. The molecule has 0 spiro atoms. The molecular weight excluding hydrogens is 281 g/mol. The molecule has 0 saturated heterocycles. The summed E-state index contributed by atoms with van der Waals surface area (Å²) in [4.78, 5) is 6.36. The quantitative estimate of drug-likeness (QED) is 0.848. The Labute approximate surface area is 121 Å². The van der Waals surface area contributed by atoms with Gasteiger partial charge < -0.3 is 4.52 Å². The van der Waals surface area contributed by atoms with Crippen LogP contribution in [0.4, 0.5) is 4.39 Å². The van der Waals surface area contributed by atoms with Gasteiger partial charge in [-0.3, -0.25) is 4.90 Å². The van der Waals surface area contributed by atoms with Crippen molar-refractivity contribution in [2.24, 2.45) is 0 Å². The van der Waals surface area contributed by atoms with Crippen LogP contribution < -0.4 is 0 Å². The molecule has 0 atom stereocenters. The van der Waals surface area contributed by atoms with Gasteiger partial charge in [-0.25, -0.2) is 4.39 Å². The average Bonchev–Trinajstić information content (AvgIpc) is 3.09. The van der Waals surface area contributed by atoms with Crippen LogP contribution in [-0.2, 0) is 13.1 Å². The minimum Gasteiger partial charge on any atom is -0.339 e. The molecule has 0 radical (unpaired) electrons. The fourth-order valence-corrected chi connectivity index (χ4v) is 2.38. The number of hydrogen-bond donors (Lipinski definition) is 0. The summed E-state index contributed by atoms with van der Waals surface area (Å²) in [6.45, 7) is 1.13. The molecule has 1 saturated carbocycles. The molecule has 0 N–H and O–H groups in total. The molecule has 4 nitrogen and oxygen atoms in total. The highest BCUT2D eigenvalue weighted by Gasteiger charge is 2.29. The second-order valence-electron chi connectivity index (χ2n) is 5.27. The molecule has 1 aromatic heterocycles. The van der Waals surface area contributed by atoms with E-state index in [1.54, 1.807) is 6.07 Å². The van der Waals surface area contributed by atoms with Gasteiger partial charge in [-0.05, 0) is 43.7 Å². The highest BCUT2D eigenvalue weighted by molar-refractivity contribution is 6.30. The first-order valence-corrected chi connectivity index (χ1v) is 6.94. The topological polar surface area (TPSA) is 42.2 Å². The molecule has 1 heterocycles. The SMILES string of the molecule is CN(Cc1cc(F)cc(Cl)c1)Cc1noc(C2CC2)n1. The maximum absolute atomic E-state index is 13.3. The lowest BCUT2D eigenvalue weighted by atomic mass is 10.2. The van der Waals surface area contributed by atoms with Gasteiger partial charge in [-0.1, -0.05) is 16.8 Å². The van der Waals surface area contributed by atoms with E-state index in [0.29, 0.717) is 29.9 Å². The van der Waals surface area contributed by atoms with E-state index in [-0.39, 0.29) is 5.82 Å². The van der Waals surface area contributed by atoms with Crippen LogP contribution in [0.2, 0.25) is 5.02 Å². The summed E-state index contributed by atoms with van der Waals surface area (Å²) in [5, 5.41) is 4.37. The Bertz CT molecular complexity index is 592. The van der Waals surface area contributed by atoms with E-state index >= 15 is 0 Å². The third kappa shape index (κ3) is 3.35. The molecular formula is C14H15ClFN3O. The first-order chi connectivity index (χ1) is 9.60. The molecule has 1 aromatic carbocycles. The Balaban J connectivity index is 1.61. The summed E-state index contributed by atoms with van der Waals surface area (Å²) in [6.07, 6.45) is 2.28. The van der Waals surface area contributed by atoms with Crippen molar-refractivity contribution in [1.82, 2.24) is 15.0 Å². The third-order valence-corrected chi connectivity index (χ3v) is 3.41. The molecule has 20 heavy (non-hydrogen) atoms. The summed E-state index contributed by atoms with van der Waals surface area (Å²) in [6, 6.07) is 4.54. The number of hydrogen-bond acceptors (Lipinski definition) is 4. The van der Waals surface area contributed by atoms with Crippen molar-refractivity contribution in [2.75, 3.05) is 7.05 Å². The van der Waals surface area contributed by atoms with E-state index in [9.17, 15) is 4.39 Å². The number of nitrogens with zero attached hydrogens (tertiary/aromatic N) is 3. The van der Waals surface area contributed by atoms with Crippen LogP contribution in [0.1, 0.15) is 36.0 Å². The summed E-state index contributed by atoms with van der Waals surface area (Å²) in [5.74, 6) is 1.54. The lowest BCUT2D eigenvalue weighted by molar-refractivity contribution is 0.299. The number of aromatic nitrogens is 2. The number of rotatable bonds is 5. The number of benzene rings is 1. The van der Waals surface area contributed by atoms with Crippen molar-refractivity contribution >= 4 is 11.6 Å². The molecule has 1 fully saturated rings. The van der Waals surface area contributed by atoms with Crippen LogP contribution in [0, 0.1) is 5.82 Å². The molecule has 0 unspecified atom stereocenters. The summed E-state index contributed by atoms with van der Waals surface area (Å²) >= 11 is 5.84. The highest BCUT2D eigenvalue weighted by atomic mass is 35.5. The Kier molecular flexibility index (Phi) is 3.72. The van der Waals surface area contributed by atoms with E-state index in [0.717, 1.165) is 24.3 Å². The Morgan fingerprint density at radius 2 is 2.15 bits per heavy atom. The van der Waals surface area contributed by atoms with Gasteiger partial charge in [0.15, 0.2) is 5.82 Å². The van der Waals surface area contributed by atoms with E-state index in [1.165, 1.54) is 12.1 Å². The normalized spacial score (nSPS) is 15.0. The van der Waals surface area contributed by atoms with Crippen LogP contribution in [0.5, 0.6) is 0 Å². The molecule has 0 aliphatic heterocycles. The van der Waals surface area contributed by atoms with Gasteiger partial charge in [-0.2, -0.15) is 4.98 Å².